The molecule has 0 aromatic carbocycles. The van der Waals surface area contributed by atoms with Gasteiger partial charge in [-0.15, -0.1) is 0 Å². The van der Waals surface area contributed by atoms with E-state index in [9.17, 15) is 63.3 Å². The molecule has 0 fully saturated rings. The third-order valence-corrected chi connectivity index (χ3v) is 11.5. The Morgan fingerprint density at radius 1 is 0.468 bits per heavy atom. The summed E-state index contributed by atoms with van der Waals surface area (Å²) in [7, 11) is 0. The quantitative estimate of drug-likeness (QED) is 0.0154. The lowest BCUT2D eigenvalue weighted by Crippen LogP contribution is -2.62. The molecule has 440 valence electrons. The summed E-state index contributed by atoms with van der Waals surface area (Å²) in [6.07, 6.45) is -0.494. The molecule has 0 saturated heterocycles. The molecule has 9 amide bonds. The molecule has 0 heterocycles. The maximum absolute atomic E-state index is 14.1. The van der Waals surface area contributed by atoms with E-state index in [0.717, 1.165) is 6.92 Å². The van der Waals surface area contributed by atoms with Crippen molar-refractivity contribution in [3.8, 4) is 0 Å². The topological polar surface area (TPSA) is 561 Å². The fourth-order valence-corrected chi connectivity index (χ4v) is 7.31. The van der Waals surface area contributed by atoms with Crippen LogP contribution in [0, 0.1) is 11.8 Å². The number of aliphatic carboxylic acids is 1. The minimum Gasteiger partial charge on any atom is -0.480 e. The Morgan fingerprint density at radius 3 is 1.26 bits per heavy atom. The maximum atomic E-state index is 14.1. The first-order chi connectivity index (χ1) is 36.1. The van der Waals surface area contributed by atoms with Gasteiger partial charge in [0.1, 0.15) is 48.3 Å². The normalized spacial score (nSPS) is 15.0. The number of rotatable bonds is 40. The predicted octanol–water partition coefficient (Wildman–Crippen LogP) is -7.41. The van der Waals surface area contributed by atoms with Gasteiger partial charge in [0.05, 0.1) is 25.2 Å². The van der Waals surface area contributed by atoms with Crippen LogP contribution in [0.4, 0.5) is 0 Å². The molecule has 0 bridgehead atoms. The highest BCUT2D eigenvalue weighted by atomic mass is 16.4. The second-order valence-electron chi connectivity index (χ2n) is 19.2. The summed E-state index contributed by atoms with van der Waals surface area (Å²) in [5, 5.41) is 49.6. The third-order valence-electron chi connectivity index (χ3n) is 11.5. The molecule has 27 N–H and O–H groups in total. The van der Waals surface area contributed by atoms with Crippen LogP contribution in [0.25, 0.3) is 0 Å². The number of hydrogen-bond acceptors (Lipinski definition) is 17. The Hall–Kier alpha value is -6.96. The van der Waals surface area contributed by atoms with E-state index < -0.39 is 139 Å². The van der Waals surface area contributed by atoms with Crippen LogP contribution in [0.2, 0.25) is 0 Å². The van der Waals surface area contributed by atoms with Gasteiger partial charge >= 0.3 is 5.97 Å². The lowest BCUT2D eigenvalue weighted by molar-refractivity contribution is -0.144. The number of aliphatic hydroxyl groups excluding tert-OH is 2. The Balaban J connectivity index is 6.88. The fraction of sp³-hybridized carbons (Fsp3) is 0.739. The molecule has 0 aromatic rings. The maximum Gasteiger partial charge on any atom is 0.326 e. The van der Waals surface area contributed by atoms with Crippen LogP contribution < -0.4 is 88.4 Å². The van der Waals surface area contributed by atoms with Gasteiger partial charge < -0.3 is 104 Å². The summed E-state index contributed by atoms with van der Waals surface area (Å²) >= 11 is 0. The smallest absolute Gasteiger partial charge is 0.326 e. The Bertz CT molecular complexity index is 1980. The van der Waals surface area contributed by atoms with Crippen LogP contribution >= 0.6 is 0 Å². The Morgan fingerprint density at radius 2 is 0.844 bits per heavy atom. The van der Waals surface area contributed by atoms with E-state index >= 15 is 0 Å². The van der Waals surface area contributed by atoms with E-state index in [1.807, 2.05) is 0 Å². The standard InChI is InChI=1S/C46H88N18O13/c1-23(2)20-30(40(72)62-32(22-65)42(74)63-34(24(3)4)44(76)77)61-43(75)35(25(5)66)64-39(71)29(15-11-19-56-46(53)54)59-41(73)31(21-33(50)67)60-38(70)28(14-10-18-55-45(51)52)58-37(69)27(13-7-9-17-48)57-36(68)26(49)12-6-8-16-47/h23-32,34-35,65-66H,6-22,47-49H2,1-5H3,(H2,50,67)(H,57,68)(H,58,69)(H,59,73)(H,60,70)(H,61,75)(H,62,72)(H,63,74)(H,64,71)(H,76,77)(H4,51,52,55)(H4,53,54,56)/t25-,26+,27+,28+,29+,30+,31+,32+,34+,35+/m1/s1. The Kier molecular flexibility index (Phi) is 34.3. The van der Waals surface area contributed by atoms with Gasteiger partial charge in [0.25, 0.3) is 0 Å². The Labute approximate surface area is 448 Å². The number of nitrogens with one attached hydrogen (secondary N) is 8. The second-order valence-corrected chi connectivity index (χ2v) is 19.2. The van der Waals surface area contributed by atoms with Crippen LogP contribution in [0.5, 0.6) is 0 Å². The van der Waals surface area contributed by atoms with E-state index in [4.69, 9.17) is 45.9 Å². The number of carbonyl (C=O) groups excluding carboxylic acids is 9. The molecule has 0 aliphatic carbocycles. The van der Waals surface area contributed by atoms with Gasteiger partial charge in [-0.1, -0.05) is 34.1 Å². The predicted molar refractivity (Wildman–Crippen MR) is 284 cm³/mol. The summed E-state index contributed by atoms with van der Waals surface area (Å²) < 4.78 is 0. The van der Waals surface area contributed by atoms with Crippen molar-refractivity contribution in [2.45, 2.75) is 172 Å². The number of nitrogens with zero attached hydrogens (tertiary/aromatic N) is 2. The van der Waals surface area contributed by atoms with Gasteiger partial charge in [-0.05, 0) is 96.1 Å². The van der Waals surface area contributed by atoms with Gasteiger partial charge in [0.2, 0.25) is 53.2 Å². The first-order valence-electron chi connectivity index (χ1n) is 25.6. The lowest BCUT2D eigenvalue weighted by Gasteiger charge is -2.29. The van der Waals surface area contributed by atoms with Crippen molar-refractivity contribution in [3.63, 3.8) is 0 Å². The number of carboxylic acid groups (broad SMARTS) is 1. The number of unbranched alkanes of at least 4 members (excludes halogenated alkanes) is 2. The van der Waals surface area contributed by atoms with E-state index in [1.54, 1.807) is 13.8 Å². The van der Waals surface area contributed by atoms with Crippen LogP contribution in [0.3, 0.4) is 0 Å². The molecule has 0 rings (SSSR count). The third kappa shape index (κ3) is 29.2. The van der Waals surface area contributed by atoms with E-state index in [1.165, 1.54) is 13.8 Å². The number of nitrogens with two attached hydrogens (primary N) is 8. The van der Waals surface area contributed by atoms with Gasteiger partial charge in [0, 0.05) is 13.1 Å². The number of aliphatic imine (C=N–C) groups is 2. The van der Waals surface area contributed by atoms with Crippen LogP contribution in [-0.2, 0) is 47.9 Å². The first kappa shape index (κ1) is 70.0. The van der Waals surface area contributed by atoms with Gasteiger partial charge in [-0.2, -0.15) is 0 Å². The molecule has 10 atom stereocenters. The molecular formula is C46H88N18O13. The highest BCUT2D eigenvalue weighted by molar-refractivity contribution is 5.99. The molecule has 31 nitrogen and oxygen atoms in total. The minimum atomic E-state index is -1.83. The zero-order valence-corrected chi connectivity index (χ0v) is 44.9. The molecule has 0 aliphatic rings. The van der Waals surface area contributed by atoms with Crippen LogP contribution in [0.15, 0.2) is 9.98 Å². The largest absolute Gasteiger partial charge is 0.480 e. The molecule has 0 radical (unpaired) electrons. The number of carbonyl (C=O) groups is 10. The number of hydrogen-bond donors (Lipinski definition) is 19. The molecule has 0 unspecified atom stereocenters. The van der Waals surface area contributed by atoms with E-state index in [2.05, 4.69) is 52.5 Å². The molecule has 0 aliphatic heterocycles. The van der Waals surface area contributed by atoms with Gasteiger partial charge in [-0.3, -0.25) is 53.1 Å². The summed E-state index contributed by atoms with van der Waals surface area (Å²) in [4.78, 5) is 142. The van der Waals surface area contributed by atoms with Crippen molar-refractivity contribution in [1.29, 1.82) is 0 Å². The van der Waals surface area contributed by atoms with Gasteiger partial charge in [0.15, 0.2) is 11.9 Å². The van der Waals surface area contributed by atoms with Gasteiger partial charge in [-0.25, -0.2) is 4.79 Å². The van der Waals surface area contributed by atoms with Crippen molar-refractivity contribution in [3.05, 3.63) is 0 Å². The number of primary amides is 1. The average molecular weight is 1100 g/mol. The van der Waals surface area contributed by atoms with Crippen molar-refractivity contribution < 1.29 is 63.3 Å². The zero-order chi connectivity index (χ0) is 58.9. The zero-order valence-electron chi connectivity index (χ0n) is 44.9. The number of amides is 9. The van der Waals surface area contributed by atoms with Crippen molar-refractivity contribution in [2.24, 2.45) is 67.7 Å². The minimum absolute atomic E-state index is 0.000752. The van der Waals surface area contributed by atoms with E-state index in [-0.39, 0.29) is 82.4 Å². The molecule has 0 aromatic heterocycles. The molecule has 0 saturated carbocycles. The first-order valence-corrected chi connectivity index (χ1v) is 25.6. The number of carboxylic acids is 1. The molecule has 31 heteroatoms. The summed E-state index contributed by atoms with van der Waals surface area (Å²) in [6, 6.07) is -13.4. The van der Waals surface area contributed by atoms with Crippen molar-refractivity contribution in [1.82, 2.24) is 42.5 Å². The number of guanidine groups is 2. The molecular weight excluding hydrogens is 1010 g/mol. The second kappa shape index (κ2) is 37.7. The highest BCUT2D eigenvalue weighted by Gasteiger charge is 2.37. The highest BCUT2D eigenvalue weighted by Crippen LogP contribution is 2.11. The fourth-order valence-electron chi connectivity index (χ4n) is 7.31. The van der Waals surface area contributed by atoms with Crippen LogP contribution in [-0.4, -0.2) is 180 Å². The lowest BCUT2D eigenvalue weighted by atomic mass is 10.0. The molecule has 0 spiro atoms. The van der Waals surface area contributed by atoms with Crippen molar-refractivity contribution >= 4 is 71.1 Å². The van der Waals surface area contributed by atoms with Crippen LogP contribution in [0.1, 0.15) is 112 Å². The summed E-state index contributed by atoms with van der Waals surface area (Å²) in [5.74, 6) is -11.7. The monoisotopic (exact) mass is 1100 g/mol. The van der Waals surface area contributed by atoms with Crippen molar-refractivity contribution in [2.75, 3.05) is 32.8 Å². The summed E-state index contributed by atoms with van der Waals surface area (Å²) in [6.45, 7) is 7.21. The average Bonchev–Trinajstić information content (AvgIpc) is 3.33. The summed E-state index contributed by atoms with van der Waals surface area (Å²) in [5.41, 5.74) is 44.7. The SMILES string of the molecule is CC(C)C[C@H](NC(=O)[C@@H](NC(=O)[C@H](CCCN=C(N)N)NC(=O)[C@H](CC(N)=O)NC(=O)[C@H](CCCN=C(N)N)NC(=O)[C@H](CCCCN)NC(=O)[C@@H](N)CCCCN)[C@@H](C)O)C(=O)N[C@@H](CO)C(=O)N[C@H](C(=O)O)C(C)C. The van der Waals surface area contributed by atoms with E-state index in [0.29, 0.717) is 32.2 Å². The number of aliphatic hydroxyl groups is 2. The molecule has 77 heavy (non-hydrogen) atoms.